The number of hydrogen-bond donors (Lipinski definition) is 2. The molecule has 0 radical (unpaired) electrons. The summed E-state index contributed by atoms with van der Waals surface area (Å²) in [7, 11) is 0. The van der Waals surface area contributed by atoms with E-state index in [4.69, 9.17) is 4.74 Å². The van der Waals surface area contributed by atoms with E-state index in [-0.39, 0.29) is 18.4 Å². The number of ether oxygens (including phenoxy) is 1. The number of hydrogen-bond acceptors (Lipinski definition) is 6. The van der Waals surface area contributed by atoms with Crippen molar-refractivity contribution in [2.45, 2.75) is 30.8 Å². The van der Waals surface area contributed by atoms with E-state index < -0.39 is 0 Å². The first kappa shape index (κ1) is 21.8. The lowest BCUT2D eigenvalue weighted by Gasteiger charge is -2.21. The molecule has 1 amide bonds. The Morgan fingerprint density at radius 3 is 2.61 bits per heavy atom. The molecule has 0 atom stereocenters. The summed E-state index contributed by atoms with van der Waals surface area (Å²) in [5, 5.41) is 10.2. The lowest BCUT2D eigenvalue weighted by Crippen LogP contribution is -2.20. The summed E-state index contributed by atoms with van der Waals surface area (Å²) in [4.78, 5) is 17.0. The summed E-state index contributed by atoms with van der Waals surface area (Å²) in [6.45, 7) is 4.04. The number of anilines is 1. The van der Waals surface area contributed by atoms with Crippen LogP contribution < -0.4 is 10.1 Å². The minimum atomic E-state index is -0.227. The van der Waals surface area contributed by atoms with E-state index in [1.165, 1.54) is 23.5 Å². The molecule has 162 valence electrons. The van der Waals surface area contributed by atoms with Gasteiger partial charge < -0.3 is 10.1 Å². The highest BCUT2D eigenvalue weighted by atomic mass is 32.2. The summed E-state index contributed by atoms with van der Waals surface area (Å²) in [6, 6.07) is 15.6. The van der Waals surface area contributed by atoms with E-state index in [1.807, 2.05) is 59.9 Å². The van der Waals surface area contributed by atoms with Crippen molar-refractivity contribution in [3.05, 3.63) is 59.9 Å². The van der Waals surface area contributed by atoms with E-state index in [2.05, 4.69) is 46.5 Å². The Labute approximate surface area is 191 Å². The van der Waals surface area contributed by atoms with Crippen molar-refractivity contribution < 1.29 is 9.53 Å². The van der Waals surface area contributed by atoms with Gasteiger partial charge in [0.15, 0.2) is 12.4 Å². The van der Waals surface area contributed by atoms with Crippen molar-refractivity contribution in [1.82, 2.24) is 15.2 Å². The van der Waals surface area contributed by atoms with Crippen LogP contribution in [-0.2, 0) is 4.79 Å². The molecule has 2 aromatic carbocycles. The third-order valence-corrected chi connectivity index (χ3v) is 7.86. The number of aromatic nitrogens is 3. The number of benzene rings is 2. The fourth-order valence-corrected chi connectivity index (χ4v) is 6.07. The molecule has 6 nitrogen and oxygen atoms in total. The fourth-order valence-electron chi connectivity index (χ4n) is 3.18. The summed E-state index contributed by atoms with van der Waals surface area (Å²) in [5.41, 5.74) is 2.73. The van der Waals surface area contributed by atoms with Crippen molar-refractivity contribution in [1.29, 1.82) is 0 Å². The number of amides is 1. The van der Waals surface area contributed by atoms with Gasteiger partial charge in [0.1, 0.15) is 11.6 Å². The summed E-state index contributed by atoms with van der Waals surface area (Å²) < 4.78 is 6.20. The number of aromatic amines is 1. The molecule has 0 bridgehead atoms. The lowest BCUT2D eigenvalue weighted by molar-refractivity contribution is -0.118. The van der Waals surface area contributed by atoms with Gasteiger partial charge in [-0.3, -0.25) is 9.89 Å². The maximum absolute atomic E-state index is 12.5. The molecule has 2 heterocycles. The SMILES string of the molecule is CC(C)c1nc(-c2ccccc2NC(=O)COc2ccc(C3SCCCS3)cc2)n[nH]1. The monoisotopic (exact) mass is 454 g/mol. The molecule has 3 aromatic rings. The van der Waals surface area contributed by atoms with Gasteiger partial charge in [-0.25, -0.2) is 4.98 Å². The molecule has 8 heteroatoms. The van der Waals surface area contributed by atoms with Crippen LogP contribution in [-0.4, -0.2) is 39.2 Å². The first-order valence-electron chi connectivity index (χ1n) is 10.4. The van der Waals surface area contributed by atoms with Crippen LogP contribution in [0.25, 0.3) is 11.4 Å². The van der Waals surface area contributed by atoms with E-state index in [0.29, 0.717) is 21.8 Å². The molecule has 4 rings (SSSR count). The topological polar surface area (TPSA) is 79.9 Å². The molecule has 31 heavy (non-hydrogen) atoms. The Balaban J connectivity index is 1.36. The predicted molar refractivity (Wildman–Crippen MR) is 129 cm³/mol. The zero-order chi connectivity index (χ0) is 21.6. The smallest absolute Gasteiger partial charge is 0.262 e. The van der Waals surface area contributed by atoms with Crippen LogP contribution in [0.3, 0.4) is 0 Å². The van der Waals surface area contributed by atoms with Gasteiger partial charge >= 0.3 is 0 Å². The molecule has 1 aliphatic heterocycles. The summed E-state index contributed by atoms with van der Waals surface area (Å²) in [5.74, 6) is 4.51. The van der Waals surface area contributed by atoms with Gasteiger partial charge in [-0.1, -0.05) is 38.1 Å². The molecule has 0 saturated carbocycles. The van der Waals surface area contributed by atoms with E-state index in [9.17, 15) is 4.79 Å². The second-order valence-electron chi connectivity index (χ2n) is 7.58. The summed E-state index contributed by atoms with van der Waals surface area (Å²) in [6.07, 6.45) is 1.28. The maximum Gasteiger partial charge on any atom is 0.262 e. The van der Waals surface area contributed by atoms with Gasteiger partial charge in [0.25, 0.3) is 5.91 Å². The van der Waals surface area contributed by atoms with Gasteiger partial charge in [-0.2, -0.15) is 5.10 Å². The van der Waals surface area contributed by atoms with Crippen molar-refractivity contribution in [2.75, 3.05) is 23.4 Å². The molecule has 1 fully saturated rings. The second kappa shape index (κ2) is 10.2. The van der Waals surface area contributed by atoms with Crippen LogP contribution in [0.5, 0.6) is 5.75 Å². The number of nitrogens with zero attached hydrogens (tertiary/aromatic N) is 2. The van der Waals surface area contributed by atoms with Crippen LogP contribution in [0.4, 0.5) is 5.69 Å². The normalized spacial score (nSPS) is 14.5. The molecular formula is C23H26N4O2S2. The first-order chi connectivity index (χ1) is 15.1. The van der Waals surface area contributed by atoms with E-state index >= 15 is 0 Å². The molecule has 0 spiro atoms. The highest BCUT2D eigenvalue weighted by Crippen LogP contribution is 2.43. The Kier molecular flexibility index (Phi) is 7.19. The highest BCUT2D eigenvalue weighted by Gasteiger charge is 2.17. The minimum Gasteiger partial charge on any atom is -0.484 e. The number of H-pyrrole nitrogens is 1. The largest absolute Gasteiger partial charge is 0.484 e. The van der Waals surface area contributed by atoms with Crippen LogP contribution >= 0.6 is 23.5 Å². The average molecular weight is 455 g/mol. The number of carbonyl (C=O) groups is 1. The third kappa shape index (κ3) is 5.62. The Morgan fingerprint density at radius 1 is 1.16 bits per heavy atom. The van der Waals surface area contributed by atoms with E-state index in [0.717, 1.165) is 11.4 Å². The summed E-state index contributed by atoms with van der Waals surface area (Å²) >= 11 is 3.98. The minimum absolute atomic E-state index is 0.0636. The average Bonchev–Trinajstić information content (AvgIpc) is 3.30. The second-order valence-corrected chi connectivity index (χ2v) is 10.3. The quantitative estimate of drug-likeness (QED) is 0.492. The Morgan fingerprint density at radius 2 is 1.90 bits per heavy atom. The van der Waals surface area contributed by atoms with Crippen LogP contribution in [0, 0.1) is 0 Å². The lowest BCUT2D eigenvalue weighted by atomic mass is 10.1. The van der Waals surface area contributed by atoms with Crippen molar-refractivity contribution >= 4 is 35.1 Å². The van der Waals surface area contributed by atoms with Crippen LogP contribution in [0.15, 0.2) is 48.5 Å². The van der Waals surface area contributed by atoms with Crippen LogP contribution in [0.2, 0.25) is 0 Å². The number of nitrogens with one attached hydrogen (secondary N) is 2. The van der Waals surface area contributed by atoms with Crippen molar-refractivity contribution in [3.63, 3.8) is 0 Å². The number of thioether (sulfide) groups is 2. The zero-order valence-corrected chi connectivity index (χ0v) is 19.3. The molecule has 0 unspecified atom stereocenters. The standard InChI is InChI=1S/C23H26N4O2S2/c1-15(2)21-25-22(27-26-21)18-6-3-4-7-19(18)24-20(28)14-29-17-10-8-16(9-11-17)23-30-12-5-13-31-23/h3-4,6-11,15,23H,5,12-14H2,1-2H3,(H,24,28)(H,25,26,27). The molecule has 1 saturated heterocycles. The predicted octanol–water partition coefficient (Wildman–Crippen LogP) is 5.48. The van der Waals surface area contributed by atoms with Gasteiger partial charge in [-0.05, 0) is 47.8 Å². The third-order valence-electron chi connectivity index (χ3n) is 4.84. The number of rotatable bonds is 7. The molecule has 0 aliphatic carbocycles. The first-order valence-corrected chi connectivity index (χ1v) is 12.5. The Bertz CT molecular complexity index is 1010. The van der Waals surface area contributed by atoms with Gasteiger partial charge in [-0.15, -0.1) is 23.5 Å². The van der Waals surface area contributed by atoms with E-state index in [1.54, 1.807) is 0 Å². The zero-order valence-electron chi connectivity index (χ0n) is 17.6. The molecule has 1 aromatic heterocycles. The van der Waals surface area contributed by atoms with Crippen molar-refractivity contribution in [2.24, 2.45) is 0 Å². The van der Waals surface area contributed by atoms with Crippen LogP contribution in [0.1, 0.15) is 42.2 Å². The van der Waals surface area contributed by atoms with Gasteiger partial charge in [0.05, 0.1) is 10.3 Å². The highest BCUT2D eigenvalue weighted by molar-refractivity contribution is 8.16. The van der Waals surface area contributed by atoms with Gasteiger partial charge in [0, 0.05) is 11.5 Å². The van der Waals surface area contributed by atoms with Gasteiger partial charge in [0.2, 0.25) is 0 Å². The molecule has 1 aliphatic rings. The van der Waals surface area contributed by atoms with Crippen molar-refractivity contribution in [3.8, 4) is 17.1 Å². The number of carbonyl (C=O) groups excluding carboxylic acids is 1. The maximum atomic E-state index is 12.5. The number of para-hydroxylation sites is 1. The molecular weight excluding hydrogens is 428 g/mol. The Hall–Kier alpha value is -2.45. The fraction of sp³-hybridized carbons (Fsp3) is 0.348. The molecule has 2 N–H and O–H groups in total.